The fourth-order valence-electron chi connectivity index (χ4n) is 3.28. The lowest BCUT2D eigenvalue weighted by Gasteiger charge is -2.31. The maximum absolute atomic E-state index is 12.8. The van der Waals surface area contributed by atoms with Crippen LogP contribution in [0.5, 0.6) is 0 Å². The van der Waals surface area contributed by atoms with Crippen LogP contribution in [-0.2, 0) is 20.6 Å². The zero-order valence-corrected chi connectivity index (χ0v) is 17.0. The minimum absolute atomic E-state index is 0.0819. The molecule has 0 unspecified atom stereocenters. The lowest BCUT2D eigenvalue weighted by molar-refractivity contribution is -0.137. The van der Waals surface area contributed by atoms with E-state index in [0.29, 0.717) is 31.7 Å². The maximum Gasteiger partial charge on any atom is 0.416 e. The highest BCUT2D eigenvalue weighted by Gasteiger charge is 2.30. The van der Waals surface area contributed by atoms with Crippen molar-refractivity contribution in [1.82, 2.24) is 10.2 Å². The molecule has 0 atom stereocenters. The summed E-state index contributed by atoms with van der Waals surface area (Å²) < 4.78 is 43.4. The van der Waals surface area contributed by atoms with E-state index < -0.39 is 23.6 Å². The van der Waals surface area contributed by atoms with E-state index in [2.05, 4.69) is 10.6 Å². The second-order valence-electron chi connectivity index (χ2n) is 7.36. The topological polar surface area (TPSA) is 91.7 Å². The smallest absolute Gasteiger partial charge is 0.416 e. The summed E-state index contributed by atoms with van der Waals surface area (Å²) in [6.07, 6.45) is 1.31. The number of carbonyl (C=O) groups excluding carboxylic acids is 3. The number of likely N-dealkylation sites (tertiary alicyclic amines) is 1. The molecule has 1 aliphatic heterocycles. The predicted octanol–water partition coefficient (Wildman–Crippen LogP) is 3.31. The van der Waals surface area contributed by atoms with E-state index in [4.69, 9.17) is 4.42 Å². The molecule has 2 N–H and O–H groups in total. The van der Waals surface area contributed by atoms with Crippen LogP contribution in [0, 0.1) is 5.92 Å². The molecule has 32 heavy (non-hydrogen) atoms. The number of rotatable bonds is 5. The van der Waals surface area contributed by atoms with Crippen molar-refractivity contribution in [2.45, 2.75) is 19.0 Å². The first-order chi connectivity index (χ1) is 15.2. The number of nitrogens with one attached hydrogen (secondary N) is 2. The Morgan fingerprint density at radius 3 is 2.50 bits per heavy atom. The van der Waals surface area contributed by atoms with Crippen molar-refractivity contribution in [2.75, 3.05) is 25.0 Å². The molecular weight excluding hydrogens is 427 g/mol. The Morgan fingerprint density at radius 1 is 1.09 bits per heavy atom. The number of hydrogen-bond acceptors (Lipinski definition) is 4. The molecular formula is C22H22F3N3O4. The van der Waals surface area contributed by atoms with Crippen LogP contribution in [0.3, 0.4) is 0 Å². The van der Waals surface area contributed by atoms with Crippen LogP contribution in [0.15, 0.2) is 53.2 Å². The Hall–Kier alpha value is -3.56. The van der Waals surface area contributed by atoms with Crippen molar-refractivity contribution < 1.29 is 32.0 Å². The second kappa shape index (κ2) is 10.2. The number of halogens is 3. The molecule has 10 heteroatoms. The predicted molar refractivity (Wildman–Crippen MR) is 110 cm³/mol. The molecule has 0 aliphatic carbocycles. The molecule has 3 rings (SSSR count). The lowest BCUT2D eigenvalue weighted by Crippen LogP contribution is -2.43. The SMILES string of the molecule is O=C(NCC1CCN(C(=O)/C=C/c2ccco2)CC1)C(=O)Nc1cccc(C(F)(F)F)c1. The third-order valence-electron chi connectivity index (χ3n) is 5.06. The van der Waals surface area contributed by atoms with Gasteiger partial charge in [0.2, 0.25) is 5.91 Å². The molecule has 0 spiro atoms. The number of amides is 3. The van der Waals surface area contributed by atoms with E-state index in [0.717, 1.165) is 18.2 Å². The molecule has 170 valence electrons. The summed E-state index contributed by atoms with van der Waals surface area (Å²) in [5.74, 6) is -1.44. The van der Waals surface area contributed by atoms with E-state index in [1.54, 1.807) is 23.1 Å². The standard InChI is InChI=1S/C22H22F3N3O4/c23-22(24,25)16-3-1-4-17(13-16)27-21(31)20(30)26-14-15-8-10-28(11-9-15)19(29)7-6-18-5-2-12-32-18/h1-7,12-13,15H,8-11,14H2,(H,26,30)(H,27,31)/b7-6+. The summed E-state index contributed by atoms with van der Waals surface area (Å²) in [5.41, 5.74) is -1.04. The van der Waals surface area contributed by atoms with Gasteiger partial charge in [0.1, 0.15) is 5.76 Å². The maximum atomic E-state index is 12.8. The number of piperidine rings is 1. The van der Waals surface area contributed by atoms with Gasteiger partial charge < -0.3 is 20.0 Å². The van der Waals surface area contributed by atoms with Gasteiger partial charge in [-0.05, 0) is 55.2 Å². The van der Waals surface area contributed by atoms with E-state index in [1.165, 1.54) is 18.4 Å². The van der Waals surface area contributed by atoms with Crippen LogP contribution < -0.4 is 10.6 Å². The molecule has 3 amide bonds. The van der Waals surface area contributed by atoms with Crippen molar-refractivity contribution in [3.8, 4) is 0 Å². The van der Waals surface area contributed by atoms with Gasteiger partial charge in [0, 0.05) is 31.4 Å². The van der Waals surface area contributed by atoms with Crippen LogP contribution >= 0.6 is 0 Å². The van der Waals surface area contributed by atoms with Gasteiger partial charge >= 0.3 is 18.0 Å². The first-order valence-corrected chi connectivity index (χ1v) is 9.99. The van der Waals surface area contributed by atoms with Crippen molar-refractivity contribution in [2.24, 2.45) is 5.92 Å². The Bertz CT molecular complexity index is 979. The van der Waals surface area contributed by atoms with Gasteiger partial charge in [-0.3, -0.25) is 14.4 Å². The fraction of sp³-hybridized carbons (Fsp3) is 0.318. The number of benzene rings is 1. The fourth-order valence-corrected chi connectivity index (χ4v) is 3.28. The van der Waals surface area contributed by atoms with Crippen LogP contribution in [0.4, 0.5) is 18.9 Å². The van der Waals surface area contributed by atoms with Crippen molar-refractivity contribution in [3.63, 3.8) is 0 Å². The number of alkyl halides is 3. The van der Waals surface area contributed by atoms with Gasteiger partial charge in [0.25, 0.3) is 0 Å². The summed E-state index contributed by atoms with van der Waals surface area (Å²) in [6.45, 7) is 1.26. The molecule has 1 fully saturated rings. The van der Waals surface area contributed by atoms with Crippen molar-refractivity contribution in [3.05, 3.63) is 60.1 Å². The Labute approximate surface area is 182 Å². The zero-order chi connectivity index (χ0) is 23.1. The van der Waals surface area contributed by atoms with Crippen LogP contribution in [0.2, 0.25) is 0 Å². The minimum atomic E-state index is -4.55. The molecule has 1 aromatic carbocycles. The molecule has 7 nitrogen and oxygen atoms in total. The molecule has 2 aromatic rings. The number of anilines is 1. The second-order valence-corrected chi connectivity index (χ2v) is 7.36. The molecule has 1 saturated heterocycles. The summed E-state index contributed by atoms with van der Waals surface area (Å²) >= 11 is 0. The first-order valence-electron chi connectivity index (χ1n) is 9.99. The molecule has 1 aromatic heterocycles. The van der Waals surface area contributed by atoms with E-state index in [1.807, 2.05) is 0 Å². The third-order valence-corrected chi connectivity index (χ3v) is 5.06. The quantitative estimate of drug-likeness (QED) is 0.541. The lowest BCUT2D eigenvalue weighted by atomic mass is 9.96. The van der Waals surface area contributed by atoms with E-state index in [9.17, 15) is 27.6 Å². The summed E-state index contributed by atoms with van der Waals surface area (Å²) in [5, 5.41) is 4.67. The molecule has 1 aliphatic rings. The third kappa shape index (κ3) is 6.47. The van der Waals surface area contributed by atoms with Gasteiger partial charge in [-0.15, -0.1) is 0 Å². The highest BCUT2D eigenvalue weighted by molar-refractivity contribution is 6.39. The Balaban J connectivity index is 1.41. The van der Waals surface area contributed by atoms with Gasteiger partial charge in [-0.1, -0.05) is 6.07 Å². The highest BCUT2D eigenvalue weighted by atomic mass is 19.4. The van der Waals surface area contributed by atoms with Crippen LogP contribution in [-0.4, -0.2) is 42.3 Å². The molecule has 0 saturated carbocycles. The minimum Gasteiger partial charge on any atom is -0.465 e. The molecule has 0 bridgehead atoms. The monoisotopic (exact) mass is 449 g/mol. The highest BCUT2D eigenvalue weighted by Crippen LogP contribution is 2.30. The zero-order valence-electron chi connectivity index (χ0n) is 17.0. The van der Waals surface area contributed by atoms with E-state index in [-0.39, 0.29) is 24.1 Å². The van der Waals surface area contributed by atoms with Gasteiger partial charge in [0.05, 0.1) is 11.8 Å². The number of furan rings is 1. The van der Waals surface area contributed by atoms with E-state index >= 15 is 0 Å². The molecule has 0 radical (unpaired) electrons. The largest absolute Gasteiger partial charge is 0.465 e. The van der Waals surface area contributed by atoms with Gasteiger partial charge in [0.15, 0.2) is 0 Å². The Morgan fingerprint density at radius 2 is 1.84 bits per heavy atom. The summed E-state index contributed by atoms with van der Waals surface area (Å²) in [7, 11) is 0. The van der Waals surface area contributed by atoms with Gasteiger partial charge in [-0.2, -0.15) is 13.2 Å². The number of nitrogens with zero attached hydrogens (tertiary/aromatic N) is 1. The molecule has 2 heterocycles. The van der Waals surface area contributed by atoms with Crippen LogP contribution in [0.1, 0.15) is 24.2 Å². The Kier molecular flexibility index (Phi) is 7.34. The van der Waals surface area contributed by atoms with Crippen molar-refractivity contribution in [1.29, 1.82) is 0 Å². The van der Waals surface area contributed by atoms with Gasteiger partial charge in [-0.25, -0.2) is 0 Å². The number of hydrogen-bond donors (Lipinski definition) is 2. The summed E-state index contributed by atoms with van der Waals surface area (Å²) in [4.78, 5) is 37.9. The normalized spacial score (nSPS) is 15.0. The summed E-state index contributed by atoms with van der Waals surface area (Å²) in [6, 6.07) is 7.52. The van der Waals surface area contributed by atoms with Crippen molar-refractivity contribution >= 4 is 29.5 Å². The van der Waals surface area contributed by atoms with Crippen LogP contribution in [0.25, 0.3) is 6.08 Å². The number of carbonyl (C=O) groups is 3. The average molecular weight is 449 g/mol. The average Bonchev–Trinajstić information content (AvgIpc) is 3.29. The first kappa shape index (κ1) is 23.1.